The van der Waals surface area contributed by atoms with Crippen molar-refractivity contribution in [2.45, 2.75) is 57.3 Å². The van der Waals surface area contributed by atoms with Gasteiger partial charge >= 0.3 is 5.97 Å². The summed E-state index contributed by atoms with van der Waals surface area (Å²) >= 11 is 0. The van der Waals surface area contributed by atoms with E-state index in [9.17, 15) is 9.59 Å². The number of carbonyl (C=O) groups is 2. The molecule has 0 bridgehead atoms. The highest BCUT2D eigenvalue weighted by molar-refractivity contribution is 5.96. The Hall–Kier alpha value is -3.69. The SMILES string of the molecule is NCCC[C@H](NC(=O)c1ccc(CNCc2ccccn2)nc1)C(=O)O[C@H]1CCCc2cccnc21. The van der Waals surface area contributed by atoms with Crippen LogP contribution in [0, 0.1) is 0 Å². The van der Waals surface area contributed by atoms with Gasteiger partial charge in [-0.2, -0.15) is 0 Å². The Morgan fingerprint density at radius 3 is 2.61 bits per heavy atom. The largest absolute Gasteiger partial charge is 0.454 e. The zero-order valence-corrected chi connectivity index (χ0v) is 20.2. The predicted molar refractivity (Wildman–Crippen MR) is 135 cm³/mol. The Labute approximate surface area is 210 Å². The molecule has 0 saturated heterocycles. The van der Waals surface area contributed by atoms with Crippen LogP contribution in [0.4, 0.5) is 0 Å². The van der Waals surface area contributed by atoms with Crippen molar-refractivity contribution >= 4 is 11.9 Å². The number of hydrogen-bond donors (Lipinski definition) is 3. The van der Waals surface area contributed by atoms with Gasteiger partial charge in [-0.15, -0.1) is 0 Å². The molecule has 4 N–H and O–H groups in total. The summed E-state index contributed by atoms with van der Waals surface area (Å²) in [6, 6.07) is 12.4. The minimum Gasteiger partial charge on any atom is -0.454 e. The summed E-state index contributed by atoms with van der Waals surface area (Å²) in [5.41, 5.74) is 9.68. The first kappa shape index (κ1) is 25.4. The summed E-state index contributed by atoms with van der Waals surface area (Å²) in [5.74, 6) is -0.847. The third-order valence-corrected chi connectivity index (χ3v) is 6.11. The van der Waals surface area contributed by atoms with Crippen LogP contribution in [-0.2, 0) is 29.0 Å². The Kier molecular flexibility index (Phi) is 9.07. The highest BCUT2D eigenvalue weighted by atomic mass is 16.5. The number of rotatable bonds is 11. The van der Waals surface area contributed by atoms with E-state index in [0.717, 1.165) is 35.5 Å². The third kappa shape index (κ3) is 6.93. The smallest absolute Gasteiger partial charge is 0.329 e. The second kappa shape index (κ2) is 12.9. The molecule has 9 nitrogen and oxygen atoms in total. The van der Waals surface area contributed by atoms with E-state index in [4.69, 9.17) is 10.5 Å². The summed E-state index contributed by atoms with van der Waals surface area (Å²) < 4.78 is 5.83. The van der Waals surface area contributed by atoms with Gasteiger partial charge < -0.3 is 21.1 Å². The lowest BCUT2D eigenvalue weighted by Gasteiger charge is -2.26. The summed E-state index contributed by atoms with van der Waals surface area (Å²) in [6.07, 6.45) is 8.11. The van der Waals surface area contributed by atoms with E-state index in [1.165, 1.54) is 6.20 Å². The van der Waals surface area contributed by atoms with Gasteiger partial charge in [0, 0.05) is 31.7 Å². The van der Waals surface area contributed by atoms with Gasteiger partial charge in [0.2, 0.25) is 0 Å². The number of aromatic nitrogens is 3. The molecule has 2 atom stereocenters. The summed E-state index contributed by atoms with van der Waals surface area (Å²) in [4.78, 5) is 39.0. The molecule has 0 radical (unpaired) electrons. The number of fused-ring (bicyclic) bond motifs is 1. The molecule has 9 heteroatoms. The van der Waals surface area contributed by atoms with E-state index in [-0.39, 0.29) is 5.91 Å². The highest BCUT2D eigenvalue weighted by Gasteiger charge is 2.29. The topological polar surface area (TPSA) is 132 Å². The lowest BCUT2D eigenvalue weighted by atomic mass is 9.93. The van der Waals surface area contributed by atoms with Gasteiger partial charge in [-0.1, -0.05) is 12.1 Å². The molecule has 0 aliphatic heterocycles. The first-order valence-corrected chi connectivity index (χ1v) is 12.3. The number of amides is 1. The first-order chi connectivity index (χ1) is 17.6. The van der Waals surface area contributed by atoms with E-state index < -0.39 is 18.1 Å². The van der Waals surface area contributed by atoms with Gasteiger partial charge in [-0.3, -0.25) is 19.7 Å². The number of pyridine rings is 3. The standard InChI is InChI=1S/C27H32N6O3/c28-13-4-9-23(27(35)36-24-10-3-6-19-7-5-15-31-25(19)24)33-26(34)20-11-12-22(32-16-20)18-29-17-21-8-1-2-14-30-21/h1-2,5,7-8,11-12,14-16,23-24,29H,3-4,6,9-10,13,17-18,28H2,(H,33,34)/t23-,24-/m0/s1. The van der Waals surface area contributed by atoms with Crippen LogP contribution in [0.15, 0.2) is 61.1 Å². The molecule has 1 aliphatic carbocycles. The van der Waals surface area contributed by atoms with E-state index in [2.05, 4.69) is 25.6 Å². The minimum absolute atomic E-state index is 0.374. The second-order valence-corrected chi connectivity index (χ2v) is 8.79. The molecule has 1 aliphatic rings. The van der Waals surface area contributed by atoms with Gasteiger partial charge in [-0.25, -0.2) is 4.79 Å². The Bertz CT molecular complexity index is 1140. The molecule has 1 amide bonds. The van der Waals surface area contributed by atoms with Crippen LogP contribution in [0.2, 0.25) is 0 Å². The van der Waals surface area contributed by atoms with Crippen LogP contribution < -0.4 is 16.4 Å². The maximum atomic E-state index is 13.0. The third-order valence-electron chi connectivity index (χ3n) is 6.11. The molecule has 188 valence electrons. The Morgan fingerprint density at radius 1 is 1.03 bits per heavy atom. The van der Waals surface area contributed by atoms with Crippen molar-refractivity contribution < 1.29 is 14.3 Å². The molecule has 3 aromatic heterocycles. The van der Waals surface area contributed by atoms with Crippen molar-refractivity contribution in [1.82, 2.24) is 25.6 Å². The van der Waals surface area contributed by atoms with Crippen molar-refractivity contribution in [1.29, 1.82) is 0 Å². The van der Waals surface area contributed by atoms with Gasteiger partial charge in [0.25, 0.3) is 5.91 Å². The van der Waals surface area contributed by atoms with E-state index >= 15 is 0 Å². The number of hydrogen-bond acceptors (Lipinski definition) is 8. The Balaban J connectivity index is 1.33. The van der Waals surface area contributed by atoms with Crippen molar-refractivity contribution in [3.8, 4) is 0 Å². The summed E-state index contributed by atoms with van der Waals surface area (Å²) in [6.45, 7) is 1.58. The van der Waals surface area contributed by atoms with Crippen LogP contribution >= 0.6 is 0 Å². The maximum Gasteiger partial charge on any atom is 0.329 e. The number of nitrogens with one attached hydrogen (secondary N) is 2. The molecular weight excluding hydrogens is 456 g/mol. The van der Waals surface area contributed by atoms with Crippen LogP contribution in [-0.4, -0.2) is 39.4 Å². The fraction of sp³-hybridized carbons (Fsp3) is 0.370. The number of aryl methyl sites for hydroxylation is 1. The lowest BCUT2D eigenvalue weighted by molar-refractivity contribution is -0.153. The average Bonchev–Trinajstić information content (AvgIpc) is 2.92. The number of ether oxygens (including phenoxy) is 1. The maximum absolute atomic E-state index is 13.0. The van der Waals surface area contributed by atoms with Crippen molar-refractivity contribution in [2.24, 2.45) is 5.73 Å². The Morgan fingerprint density at radius 2 is 1.86 bits per heavy atom. The lowest BCUT2D eigenvalue weighted by Crippen LogP contribution is -2.42. The van der Waals surface area contributed by atoms with E-state index in [1.807, 2.05) is 30.3 Å². The normalized spacial score (nSPS) is 15.5. The molecule has 0 aromatic carbocycles. The van der Waals surface area contributed by atoms with Crippen molar-refractivity contribution in [3.05, 3.63) is 89.3 Å². The highest BCUT2D eigenvalue weighted by Crippen LogP contribution is 2.31. The number of carbonyl (C=O) groups excluding carboxylic acids is 2. The predicted octanol–water partition coefficient (Wildman–Crippen LogP) is 2.62. The quantitative estimate of drug-likeness (QED) is 0.351. The summed E-state index contributed by atoms with van der Waals surface area (Å²) in [7, 11) is 0. The molecular formula is C27H32N6O3. The molecule has 0 spiro atoms. The monoisotopic (exact) mass is 488 g/mol. The zero-order valence-electron chi connectivity index (χ0n) is 20.2. The fourth-order valence-corrected chi connectivity index (χ4v) is 4.20. The van der Waals surface area contributed by atoms with E-state index in [0.29, 0.717) is 44.5 Å². The molecule has 36 heavy (non-hydrogen) atoms. The average molecular weight is 489 g/mol. The molecule has 4 rings (SSSR count). The van der Waals surface area contributed by atoms with Gasteiger partial charge in [0.15, 0.2) is 0 Å². The zero-order chi connectivity index (χ0) is 25.2. The van der Waals surface area contributed by atoms with Crippen molar-refractivity contribution in [2.75, 3.05) is 6.54 Å². The van der Waals surface area contributed by atoms with Gasteiger partial charge in [-0.05, 0) is 74.5 Å². The number of nitrogens with zero attached hydrogens (tertiary/aromatic N) is 3. The molecule has 3 aromatic rings. The first-order valence-electron chi connectivity index (χ1n) is 12.3. The van der Waals surface area contributed by atoms with Gasteiger partial charge in [0.05, 0.1) is 22.6 Å². The molecule has 0 unspecified atom stereocenters. The second-order valence-electron chi connectivity index (χ2n) is 8.79. The van der Waals surface area contributed by atoms with Crippen molar-refractivity contribution in [3.63, 3.8) is 0 Å². The molecule has 0 saturated carbocycles. The van der Waals surface area contributed by atoms with E-state index in [1.54, 1.807) is 24.5 Å². The number of esters is 1. The van der Waals surface area contributed by atoms with Crippen LogP contribution in [0.5, 0.6) is 0 Å². The molecule has 3 heterocycles. The van der Waals surface area contributed by atoms with Crippen LogP contribution in [0.3, 0.4) is 0 Å². The molecule has 0 fully saturated rings. The van der Waals surface area contributed by atoms with Crippen LogP contribution in [0.25, 0.3) is 0 Å². The van der Waals surface area contributed by atoms with Crippen LogP contribution in [0.1, 0.15) is 64.8 Å². The fourth-order valence-electron chi connectivity index (χ4n) is 4.20. The minimum atomic E-state index is -0.796. The number of nitrogens with two attached hydrogens (primary N) is 1. The van der Waals surface area contributed by atoms with Gasteiger partial charge in [0.1, 0.15) is 12.1 Å². The summed E-state index contributed by atoms with van der Waals surface area (Å²) in [5, 5.41) is 6.09.